The highest BCUT2D eigenvalue weighted by Crippen LogP contribution is 2.46. The smallest absolute Gasteiger partial charge is 0.0621 e. The van der Waals surface area contributed by atoms with E-state index in [4.69, 9.17) is 5.26 Å². The summed E-state index contributed by atoms with van der Waals surface area (Å²) in [4.78, 5) is 0. The lowest BCUT2D eigenvalue weighted by atomic mass is 9.65. The molecule has 2 aliphatic rings. The largest absolute Gasteiger partial charge is 0.269 e. The van der Waals surface area contributed by atoms with Crippen LogP contribution < -0.4 is 0 Å². The molecule has 2 aliphatic carbocycles. The molecule has 0 bridgehead atoms. The van der Waals surface area contributed by atoms with E-state index in [2.05, 4.69) is 184 Å². The van der Waals surface area contributed by atoms with Gasteiger partial charge in [-0.15, -0.1) is 13.2 Å². The van der Waals surface area contributed by atoms with Gasteiger partial charge in [-0.1, -0.05) is 188 Å². The predicted molar refractivity (Wildman–Crippen MR) is 278 cm³/mol. The number of aryl methyl sites for hydroxylation is 2. The first kappa shape index (κ1) is 56.5. The number of hydrogen-bond acceptors (Lipinski definition) is 1. The molecule has 3 aromatic carbocycles. The first-order valence-corrected chi connectivity index (χ1v) is 24.5. The summed E-state index contributed by atoms with van der Waals surface area (Å²) in [6, 6.07) is 32.2. The topological polar surface area (TPSA) is 23.8 Å². The quantitative estimate of drug-likeness (QED) is 0.0595. The second kappa shape index (κ2) is 31.4. The maximum Gasteiger partial charge on any atom is 0.0621 e. The zero-order valence-corrected chi connectivity index (χ0v) is 41.7. The lowest BCUT2D eigenvalue weighted by Crippen LogP contribution is -2.30. The lowest BCUT2D eigenvalue weighted by molar-refractivity contribution is 0.326. The van der Waals surface area contributed by atoms with Crippen LogP contribution in [0, 0.1) is 48.9 Å². The molecule has 2 unspecified atom stereocenters. The number of benzene rings is 3. The van der Waals surface area contributed by atoms with Crippen LogP contribution >= 0.6 is 0 Å². The Balaban J connectivity index is 0.00000136. The highest BCUT2D eigenvalue weighted by atomic mass is 19.0. The third kappa shape index (κ3) is 17.9. The monoisotopic (exact) mass is 854 g/mol. The Kier molecular flexibility index (Phi) is 28.2. The molecule has 0 fully saturated rings. The van der Waals surface area contributed by atoms with Crippen molar-refractivity contribution >= 4 is 0 Å². The van der Waals surface area contributed by atoms with Gasteiger partial charge >= 0.3 is 0 Å². The molecule has 0 radical (unpaired) electrons. The van der Waals surface area contributed by atoms with Crippen molar-refractivity contribution in [3.8, 4) is 6.07 Å². The van der Waals surface area contributed by atoms with E-state index in [-0.39, 0.29) is 10.1 Å². The summed E-state index contributed by atoms with van der Waals surface area (Å²) in [5, 5.41) is 8.13. The van der Waals surface area contributed by atoms with Crippen LogP contribution in [0.15, 0.2) is 151 Å². The maximum atomic E-state index is 8.13. The Labute approximate surface area is 387 Å². The van der Waals surface area contributed by atoms with Crippen molar-refractivity contribution in [2.24, 2.45) is 23.7 Å². The van der Waals surface area contributed by atoms with Gasteiger partial charge < -0.3 is 0 Å². The molecule has 0 amide bonds. The molecule has 2 atom stereocenters. The minimum atomic E-state index is -0.173. The van der Waals surface area contributed by atoms with Crippen molar-refractivity contribution in [1.82, 2.24) is 0 Å². The van der Waals surface area contributed by atoms with E-state index in [0.29, 0.717) is 17.8 Å². The van der Waals surface area contributed by atoms with Crippen molar-refractivity contribution < 1.29 is 4.70 Å². The molecule has 3 aromatic rings. The fraction of sp³-hybridized carbons (Fsp3) is 0.492. The fourth-order valence-electron chi connectivity index (χ4n) is 9.48. The first-order valence-electron chi connectivity index (χ1n) is 24.5. The molecular formula is C61H88FN. The summed E-state index contributed by atoms with van der Waals surface area (Å²) in [6.45, 7) is 32.8. The Morgan fingerprint density at radius 2 is 1.37 bits per heavy atom. The van der Waals surface area contributed by atoms with Crippen LogP contribution in [0.4, 0.5) is 4.70 Å². The SMILES string of the molecule is C=C.C=C(CCCCC(CCC(c1ccccc1)(c1ccc(C)cc1)c1ccc(C)cc1)CC(C)C)CCC1C2=C(CCC=C2)C(C)=C1/C=C\CC.CC.CC(C)CCCC#N.F. The van der Waals surface area contributed by atoms with E-state index < -0.39 is 0 Å². The van der Waals surface area contributed by atoms with Crippen molar-refractivity contribution in [3.63, 3.8) is 0 Å². The number of nitrogens with zero attached hydrogens (tertiary/aromatic N) is 1. The van der Waals surface area contributed by atoms with Crippen LogP contribution in [0.3, 0.4) is 0 Å². The third-order valence-corrected chi connectivity index (χ3v) is 12.7. The average Bonchev–Trinajstić information content (AvgIpc) is 3.56. The molecule has 63 heavy (non-hydrogen) atoms. The highest BCUT2D eigenvalue weighted by molar-refractivity contribution is 5.57. The van der Waals surface area contributed by atoms with Gasteiger partial charge in [-0.3, -0.25) is 4.70 Å². The molecule has 344 valence electrons. The van der Waals surface area contributed by atoms with Gasteiger partial charge in [-0.25, -0.2) is 0 Å². The number of allylic oxidation sites excluding steroid dienone is 9. The number of halogens is 1. The van der Waals surface area contributed by atoms with Crippen LogP contribution in [-0.4, -0.2) is 0 Å². The number of hydrogen-bond donors (Lipinski definition) is 0. The van der Waals surface area contributed by atoms with Crippen molar-refractivity contribution in [2.75, 3.05) is 0 Å². The van der Waals surface area contributed by atoms with Gasteiger partial charge in [0.05, 0.1) is 6.07 Å². The molecular weight excluding hydrogens is 766 g/mol. The molecule has 0 heterocycles. The Morgan fingerprint density at radius 3 is 1.90 bits per heavy atom. The van der Waals surface area contributed by atoms with Gasteiger partial charge in [-0.05, 0) is 155 Å². The van der Waals surface area contributed by atoms with Crippen LogP contribution in [0.5, 0.6) is 0 Å². The summed E-state index contributed by atoms with van der Waals surface area (Å²) in [5.74, 6) is 2.71. The third-order valence-electron chi connectivity index (χ3n) is 12.7. The molecule has 0 saturated carbocycles. The maximum absolute atomic E-state index is 8.13. The minimum absolute atomic E-state index is 0. The van der Waals surface area contributed by atoms with Crippen molar-refractivity contribution in [1.29, 1.82) is 5.26 Å². The van der Waals surface area contributed by atoms with Gasteiger partial charge in [0.25, 0.3) is 0 Å². The number of rotatable bonds is 21. The molecule has 0 saturated heterocycles. The molecule has 5 rings (SSSR count). The second-order valence-corrected chi connectivity index (χ2v) is 18.3. The van der Waals surface area contributed by atoms with E-state index in [0.717, 1.165) is 44.4 Å². The zero-order valence-electron chi connectivity index (χ0n) is 41.7. The summed E-state index contributed by atoms with van der Waals surface area (Å²) in [7, 11) is 0. The molecule has 0 aliphatic heterocycles. The van der Waals surface area contributed by atoms with Crippen LogP contribution in [0.1, 0.15) is 180 Å². The Bertz CT molecular complexity index is 1830. The molecule has 1 nitrogen and oxygen atoms in total. The molecule has 0 spiro atoms. The number of nitriles is 1. The summed E-state index contributed by atoms with van der Waals surface area (Å²) in [6.07, 6.45) is 27.0. The van der Waals surface area contributed by atoms with Gasteiger partial charge in [0.15, 0.2) is 0 Å². The Hall–Kier alpha value is -4.48. The lowest BCUT2D eigenvalue weighted by Gasteiger charge is -2.38. The van der Waals surface area contributed by atoms with E-state index in [1.165, 1.54) is 91.2 Å². The normalized spacial score (nSPS) is 14.7. The van der Waals surface area contributed by atoms with E-state index in [1.54, 1.807) is 22.3 Å². The van der Waals surface area contributed by atoms with Crippen LogP contribution in [0.2, 0.25) is 0 Å². The van der Waals surface area contributed by atoms with Gasteiger partial charge in [0, 0.05) is 17.8 Å². The molecule has 0 N–H and O–H groups in total. The second-order valence-electron chi connectivity index (χ2n) is 18.3. The van der Waals surface area contributed by atoms with Gasteiger partial charge in [-0.2, -0.15) is 5.26 Å². The standard InChI is InChI=1S/C50H64.C7H13N.C2H6.C2H4.FH/c1-8-9-21-46-41(7)47-22-15-16-23-48(47)49(46)33-28-38(4)17-13-14-18-42(36-37(2)3)34-35-50(43-19-11-10-12-20-43,44-29-24-39(5)25-30-44)45-31-26-40(6)27-32-45;1-7(2)5-3-4-6-8;2*1-2;/h9-12,16,19-21,23-27,29-32,37,42,49H,4,8,13-15,17-18,22,28,33-36H2,1-3,5-7H3;7H,3-5H2,1-2H3;1-2H3;1-2H2;1H/b21-9-;;;;. The highest BCUT2D eigenvalue weighted by Gasteiger charge is 2.37. The van der Waals surface area contributed by atoms with E-state index in [1.807, 2.05) is 13.8 Å². The van der Waals surface area contributed by atoms with Crippen LogP contribution in [0.25, 0.3) is 0 Å². The van der Waals surface area contributed by atoms with Crippen molar-refractivity contribution in [2.45, 2.75) is 171 Å². The zero-order chi connectivity index (χ0) is 45.9. The van der Waals surface area contributed by atoms with E-state index >= 15 is 0 Å². The summed E-state index contributed by atoms with van der Waals surface area (Å²) < 4.78 is 0. The minimum Gasteiger partial charge on any atom is -0.269 e. The summed E-state index contributed by atoms with van der Waals surface area (Å²) in [5.41, 5.74) is 14.4. The summed E-state index contributed by atoms with van der Waals surface area (Å²) >= 11 is 0. The number of unbranched alkanes of at least 4 members (excludes halogenated alkanes) is 2. The average molecular weight is 854 g/mol. The first-order chi connectivity index (χ1) is 30.0. The van der Waals surface area contributed by atoms with Crippen molar-refractivity contribution in [3.05, 3.63) is 179 Å². The van der Waals surface area contributed by atoms with E-state index in [9.17, 15) is 0 Å². The molecule has 0 aromatic heterocycles. The fourth-order valence-corrected chi connectivity index (χ4v) is 9.48. The van der Waals surface area contributed by atoms with Gasteiger partial charge in [0.1, 0.15) is 0 Å². The predicted octanol–water partition coefficient (Wildman–Crippen LogP) is 18.9. The Morgan fingerprint density at radius 1 is 0.778 bits per heavy atom. The van der Waals surface area contributed by atoms with Gasteiger partial charge in [0.2, 0.25) is 0 Å². The van der Waals surface area contributed by atoms with Crippen LogP contribution in [-0.2, 0) is 5.41 Å². The molecule has 2 heteroatoms.